The SMILES string of the molecule is CCCOOC(c1ccccc1)(c1ccccc1)c1ccccc1. The van der Waals surface area contributed by atoms with Crippen molar-refractivity contribution in [1.29, 1.82) is 0 Å². The summed E-state index contributed by atoms with van der Waals surface area (Å²) in [4.78, 5) is 11.7. The molecule has 0 aromatic heterocycles. The molecule has 0 aliphatic heterocycles. The Kier molecular flexibility index (Phi) is 5.42. The maximum Gasteiger partial charge on any atom is 0.178 e. The third-order valence-corrected chi connectivity index (χ3v) is 4.01. The first kappa shape index (κ1) is 16.4. The monoisotopic (exact) mass is 318 g/mol. The van der Waals surface area contributed by atoms with Gasteiger partial charge < -0.3 is 0 Å². The molecule has 0 unspecified atom stereocenters. The Morgan fingerprint density at radius 2 is 1.00 bits per heavy atom. The first-order valence-electron chi connectivity index (χ1n) is 8.35. The summed E-state index contributed by atoms with van der Waals surface area (Å²) in [5, 5.41) is 0. The first-order chi connectivity index (χ1) is 11.9. The van der Waals surface area contributed by atoms with Crippen LogP contribution in [0.15, 0.2) is 91.0 Å². The molecule has 0 fully saturated rings. The molecule has 0 saturated heterocycles. The molecule has 122 valence electrons. The van der Waals surface area contributed by atoms with Crippen molar-refractivity contribution >= 4 is 0 Å². The van der Waals surface area contributed by atoms with E-state index < -0.39 is 5.60 Å². The minimum atomic E-state index is -0.793. The van der Waals surface area contributed by atoms with E-state index in [0.717, 1.165) is 23.1 Å². The highest BCUT2D eigenvalue weighted by atomic mass is 17.2. The van der Waals surface area contributed by atoms with Crippen molar-refractivity contribution in [3.8, 4) is 0 Å². The fraction of sp³-hybridized carbons (Fsp3) is 0.182. The van der Waals surface area contributed by atoms with Gasteiger partial charge in [-0.1, -0.05) is 97.9 Å². The van der Waals surface area contributed by atoms with Gasteiger partial charge >= 0.3 is 0 Å². The number of benzene rings is 3. The topological polar surface area (TPSA) is 18.5 Å². The number of hydrogen-bond acceptors (Lipinski definition) is 2. The summed E-state index contributed by atoms with van der Waals surface area (Å²) in [6.07, 6.45) is 0.897. The van der Waals surface area contributed by atoms with Gasteiger partial charge in [0.15, 0.2) is 5.60 Å². The van der Waals surface area contributed by atoms with Gasteiger partial charge in [-0.25, -0.2) is 9.78 Å². The van der Waals surface area contributed by atoms with Gasteiger partial charge in [-0.2, -0.15) is 0 Å². The second-order valence-corrected chi connectivity index (χ2v) is 5.68. The zero-order valence-electron chi connectivity index (χ0n) is 13.9. The van der Waals surface area contributed by atoms with E-state index in [4.69, 9.17) is 9.78 Å². The van der Waals surface area contributed by atoms with Crippen molar-refractivity contribution in [3.63, 3.8) is 0 Å². The summed E-state index contributed by atoms with van der Waals surface area (Å²) in [5.41, 5.74) is 2.33. The van der Waals surface area contributed by atoms with Crippen molar-refractivity contribution in [3.05, 3.63) is 108 Å². The van der Waals surface area contributed by atoms with Gasteiger partial charge in [0.1, 0.15) is 0 Å². The van der Waals surface area contributed by atoms with Crippen LogP contribution in [-0.4, -0.2) is 6.61 Å². The van der Waals surface area contributed by atoms with Gasteiger partial charge in [0.2, 0.25) is 0 Å². The van der Waals surface area contributed by atoms with Gasteiger partial charge in [0, 0.05) is 0 Å². The summed E-state index contributed by atoms with van der Waals surface area (Å²) < 4.78 is 0. The van der Waals surface area contributed by atoms with Crippen molar-refractivity contribution in [1.82, 2.24) is 0 Å². The average molecular weight is 318 g/mol. The van der Waals surface area contributed by atoms with Crippen LogP contribution in [0.4, 0.5) is 0 Å². The van der Waals surface area contributed by atoms with E-state index in [2.05, 4.69) is 43.3 Å². The maximum absolute atomic E-state index is 6.13. The van der Waals surface area contributed by atoms with E-state index in [0.29, 0.717) is 6.61 Å². The van der Waals surface area contributed by atoms with Crippen LogP contribution in [0.5, 0.6) is 0 Å². The normalized spacial score (nSPS) is 11.4. The molecule has 24 heavy (non-hydrogen) atoms. The Labute approximate surface area is 143 Å². The summed E-state index contributed by atoms with van der Waals surface area (Å²) in [7, 11) is 0. The molecule has 3 aromatic carbocycles. The minimum absolute atomic E-state index is 0.550. The molecular weight excluding hydrogens is 296 g/mol. The largest absolute Gasteiger partial charge is 0.235 e. The van der Waals surface area contributed by atoms with Crippen LogP contribution < -0.4 is 0 Å². The highest BCUT2D eigenvalue weighted by Crippen LogP contribution is 2.40. The molecule has 2 nitrogen and oxygen atoms in total. The highest BCUT2D eigenvalue weighted by Gasteiger charge is 2.39. The fourth-order valence-electron chi connectivity index (χ4n) is 2.88. The summed E-state index contributed by atoms with van der Waals surface area (Å²) >= 11 is 0. The van der Waals surface area contributed by atoms with Crippen LogP contribution >= 0.6 is 0 Å². The molecule has 0 spiro atoms. The Morgan fingerprint density at radius 3 is 1.33 bits per heavy atom. The van der Waals surface area contributed by atoms with Crippen molar-refractivity contribution in [2.45, 2.75) is 18.9 Å². The van der Waals surface area contributed by atoms with Crippen LogP contribution in [0.2, 0.25) is 0 Å². The lowest BCUT2D eigenvalue weighted by molar-refractivity contribution is -0.344. The summed E-state index contributed by atoms with van der Waals surface area (Å²) in [6, 6.07) is 30.7. The number of hydrogen-bond donors (Lipinski definition) is 0. The molecule has 0 heterocycles. The van der Waals surface area contributed by atoms with Gasteiger partial charge in [-0.05, 0) is 23.1 Å². The lowest BCUT2D eigenvalue weighted by atomic mass is 9.80. The van der Waals surface area contributed by atoms with Gasteiger partial charge in [0.25, 0.3) is 0 Å². The van der Waals surface area contributed by atoms with E-state index in [-0.39, 0.29) is 0 Å². The molecule has 3 rings (SSSR count). The van der Waals surface area contributed by atoms with Crippen LogP contribution in [0.1, 0.15) is 30.0 Å². The molecule has 0 aliphatic carbocycles. The lowest BCUT2D eigenvalue weighted by Gasteiger charge is -2.34. The minimum Gasteiger partial charge on any atom is -0.235 e. The van der Waals surface area contributed by atoms with Crippen molar-refractivity contribution < 1.29 is 9.78 Å². The predicted molar refractivity (Wildman–Crippen MR) is 96.5 cm³/mol. The Hall–Kier alpha value is -2.42. The molecule has 0 aliphatic rings. The molecule has 0 saturated carbocycles. The smallest absolute Gasteiger partial charge is 0.178 e. The van der Waals surface area contributed by atoms with Crippen LogP contribution in [-0.2, 0) is 15.4 Å². The zero-order valence-corrected chi connectivity index (χ0v) is 13.9. The Balaban J connectivity index is 2.20. The van der Waals surface area contributed by atoms with E-state index in [1.54, 1.807) is 0 Å². The second-order valence-electron chi connectivity index (χ2n) is 5.68. The van der Waals surface area contributed by atoms with Crippen LogP contribution in [0.25, 0.3) is 0 Å². The van der Waals surface area contributed by atoms with E-state index in [1.165, 1.54) is 0 Å². The molecule has 0 atom stereocenters. The van der Waals surface area contributed by atoms with E-state index >= 15 is 0 Å². The molecule has 2 heteroatoms. The fourth-order valence-corrected chi connectivity index (χ4v) is 2.88. The third-order valence-electron chi connectivity index (χ3n) is 4.01. The average Bonchev–Trinajstić information content (AvgIpc) is 2.68. The molecule has 0 radical (unpaired) electrons. The van der Waals surface area contributed by atoms with Crippen molar-refractivity contribution in [2.75, 3.05) is 6.61 Å². The Bertz CT molecular complexity index is 627. The van der Waals surface area contributed by atoms with Gasteiger partial charge in [-0.15, -0.1) is 0 Å². The molecule has 0 amide bonds. The van der Waals surface area contributed by atoms with Crippen LogP contribution in [0, 0.1) is 0 Å². The Morgan fingerprint density at radius 1 is 0.625 bits per heavy atom. The standard InChI is InChI=1S/C22H22O2/c1-2-18-23-24-22(19-12-6-3-7-13-19,20-14-8-4-9-15-20)21-16-10-5-11-17-21/h3-17H,2,18H2,1H3. The summed E-state index contributed by atoms with van der Waals surface area (Å²) in [6.45, 7) is 2.62. The molecule has 0 N–H and O–H groups in total. The molecule has 3 aromatic rings. The van der Waals surface area contributed by atoms with Crippen LogP contribution in [0.3, 0.4) is 0 Å². The molecule has 0 bridgehead atoms. The van der Waals surface area contributed by atoms with Gasteiger partial charge in [0.05, 0.1) is 6.61 Å². The number of rotatable bonds is 7. The van der Waals surface area contributed by atoms with E-state index in [1.807, 2.05) is 54.6 Å². The first-order valence-corrected chi connectivity index (χ1v) is 8.35. The predicted octanol–water partition coefficient (Wildman–Crippen LogP) is 5.34. The highest BCUT2D eigenvalue weighted by molar-refractivity contribution is 5.47. The van der Waals surface area contributed by atoms with E-state index in [9.17, 15) is 0 Å². The molecular formula is C22H22O2. The van der Waals surface area contributed by atoms with Crippen molar-refractivity contribution in [2.24, 2.45) is 0 Å². The zero-order chi connectivity index (χ0) is 16.7. The van der Waals surface area contributed by atoms with Gasteiger partial charge in [-0.3, -0.25) is 0 Å². The second kappa shape index (κ2) is 7.91. The summed E-state index contributed by atoms with van der Waals surface area (Å²) in [5.74, 6) is 0. The quantitative estimate of drug-likeness (QED) is 0.253. The lowest BCUT2D eigenvalue weighted by Crippen LogP contribution is -2.33. The third kappa shape index (κ3) is 3.25. The maximum atomic E-state index is 6.13.